The Bertz CT molecular complexity index is 488. The van der Waals surface area contributed by atoms with Crippen molar-refractivity contribution in [3.05, 3.63) is 34.8 Å². The highest BCUT2D eigenvalue weighted by Gasteiger charge is 2.22. The fraction of sp³-hybridized carbons (Fsp3) is 0.250. The summed E-state index contributed by atoms with van der Waals surface area (Å²) in [5, 5.41) is 0.929. The first-order chi connectivity index (χ1) is 7.36. The first kappa shape index (κ1) is 8.92. The molecule has 0 saturated heterocycles. The van der Waals surface area contributed by atoms with Gasteiger partial charge in [-0.1, -0.05) is 6.07 Å². The standard InChI is InChI=1S/C12H12N2S/c13-12-11(9-5-1-2-7-14-9)8-4-3-6-10(8)15-12/h1-2,5,7H,3-4,6,13H2. The molecule has 76 valence electrons. The van der Waals surface area contributed by atoms with Crippen LogP contribution >= 0.6 is 11.3 Å². The Kier molecular flexibility index (Phi) is 1.99. The summed E-state index contributed by atoms with van der Waals surface area (Å²) in [6.45, 7) is 0. The van der Waals surface area contributed by atoms with Crippen LogP contribution in [-0.2, 0) is 12.8 Å². The van der Waals surface area contributed by atoms with Crippen LogP contribution in [0.1, 0.15) is 16.9 Å². The van der Waals surface area contributed by atoms with Crippen molar-refractivity contribution < 1.29 is 0 Å². The molecule has 0 atom stereocenters. The summed E-state index contributed by atoms with van der Waals surface area (Å²) in [5.41, 5.74) is 9.71. The van der Waals surface area contributed by atoms with Crippen LogP contribution in [0.4, 0.5) is 5.00 Å². The van der Waals surface area contributed by atoms with Gasteiger partial charge in [0.15, 0.2) is 0 Å². The van der Waals surface area contributed by atoms with E-state index >= 15 is 0 Å². The topological polar surface area (TPSA) is 38.9 Å². The summed E-state index contributed by atoms with van der Waals surface area (Å²) in [6.07, 6.45) is 5.45. The molecule has 1 aliphatic rings. The number of pyridine rings is 1. The largest absolute Gasteiger partial charge is 0.390 e. The van der Waals surface area contributed by atoms with Crippen LogP contribution in [0.2, 0.25) is 0 Å². The van der Waals surface area contributed by atoms with Gasteiger partial charge in [-0.15, -0.1) is 11.3 Å². The van der Waals surface area contributed by atoms with E-state index in [1.807, 2.05) is 24.4 Å². The van der Waals surface area contributed by atoms with Gasteiger partial charge in [0.25, 0.3) is 0 Å². The number of anilines is 1. The number of aryl methyl sites for hydroxylation is 1. The third kappa shape index (κ3) is 1.35. The average molecular weight is 216 g/mol. The molecule has 0 fully saturated rings. The predicted octanol–water partition coefficient (Wildman–Crippen LogP) is 2.88. The minimum absolute atomic E-state index is 0.929. The number of aromatic nitrogens is 1. The molecule has 0 amide bonds. The van der Waals surface area contributed by atoms with Crippen LogP contribution < -0.4 is 5.73 Å². The summed E-state index contributed by atoms with van der Waals surface area (Å²) in [7, 11) is 0. The Morgan fingerprint density at radius 1 is 1.27 bits per heavy atom. The lowest BCUT2D eigenvalue weighted by Crippen LogP contribution is -1.90. The molecule has 2 N–H and O–H groups in total. The van der Waals surface area contributed by atoms with Gasteiger partial charge in [-0.25, -0.2) is 0 Å². The van der Waals surface area contributed by atoms with Crippen LogP contribution in [0.5, 0.6) is 0 Å². The highest BCUT2D eigenvalue weighted by atomic mass is 32.1. The minimum Gasteiger partial charge on any atom is -0.390 e. The van der Waals surface area contributed by atoms with Gasteiger partial charge in [-0.05, 0) is 37.0 Å². The van der Waals surface area contributed by atoms with Crippen LogP contribution in [-0.4, -0.2) is 4.98 Å². The smallest absolute Gasteiger partial charge is 0.0957 e. The number of rotatable bonds is 1. The molecule has 2 aromatic rings. The molecular weight excluding hydrogens is 204 g/mol. The molecule has 0 unspecified atom stereocenters. The Labute approximate surface area is 92.8 Å². The van der Waals surface area contributed by atoms with Crippen molar-refractivity contribution in [3.8, 4) is 11.3 Å². The van der Waals surface area contributed by atoms with Crippen LogP contribution in [0.25, 0.3) is 11.3 Å². The number of nitrogens with two attached hydrogens (primary N) is 1. The second-order valence-electron chi connectivity index (χ2n) is 3.81. The molecule has 1 aliphatic carbocycles. The summed E-state index contributed by atoms with van der Waals surface area (Å²) in [4.78, 5) is 5.85. The van der Waals surface area contributed by atoms with E-state index in [9.17, 15) is 0 Å². The van der Waals surface area contributed by atoms with Gasteiger partial charge in [0.1, 0.15) is 0 Å². The zero-order chi connectivity index (χ0) is 10.3. The van der Waals surface area contributed by atoms with Gasteiger partial charge >= 0.3 is 0 Å². The second-order valence-corrected chi connectivity index (χ2v) is 4.95. The van der Waals surface area contributed by atoms with E-state index in [0.29, 0.717) is 0 Å². The van der Waals surface area contributed by atoms with Crippen molar-refractivity contribution in [1.29, 1.82) is 0 Å². The molecule has 0 spiro atoms. The van der Waals surface area contributed by atoms with E-state index in [2.05, 4.69) is 4.98 Å². The van der Waals surface area contributed by atoms with Crippen LogP contribution in [0.15, 0.2) is 24.4 Å². The van der Waals surface area contributed by atoms with Crippen molar-refractivity contribution in [2.24, 2.45) is 0 Å². The van der Waals surface area contributed by atoms with Gasteiger partial charge in [0.05, 0.1) is 10.7 Å². The summed E-state index contributed by atoms with van der Waals surface area (Å²) in [6, 6.07) is 5.99. The molecular formula is C12H12N2S. The Balaban J connectivity index is 2.20. The molecule has 0 saturated carbocycles. The SMILES string of the molecule is Nc1sc2c(c1-c1ccccn1)CCC2. The quantitative estimate of drug-likeness (QED) is 0.796. The Morgan fingerprint density at radius 3 is 3.00 bits per heavy atom. The maximum absolute atomic E-state index is 6.06. The Hall–Kier alpha value is -1.35. The fourth-order valence-electron chi connectivity index (χ4n) is 2.22. The lowest BCUT2D eigenvalue weighted by Gasteiger charge is -2.01. The molecule has 2 heterocycles. The number of nitrogen functional groups attached to an aromatic ring is 1. The highest BCUT2D eigenvalue weighted by Crippen LogP contribution is 2.42. The lowest BCUT2D eigenvalue weighted by molar-refractivity contribution is 0.915. The number of thiophene rings is 1. The fourth-order valence-corrected chi connectivity index (χ4v) is 3.39. The second kappa shape index (κ2) is 3.35. The average Bonchev–Trinajstić information content (AvgIpc) is 2.78. The van der Waals surface area contributed by atoms with Crippen LogP contribution in [0, 0.1) is 0 Å². The van der Waals surface area contributed by atoms with Crippen molar-refractivity contribution in [2.45, 2.75) is 19.3 Å². The van der Waals surface area contributed by atoms with Crippen molar-refractivity contribution in [3.63, 3.8) is 0 Å². The number of fused-ring (bicyclic) bond motifs is 1. The van der Waals surface area contributed by atoms with E-state index < -0.39 is 0 Å². The monoisotopic (exact) mass is 216 g/mol. The first-order valence-electron chi connectivity index (χ1n) is 5.17. The van der Waals surface area contributed by atoms with Gasteiger partial charge in [0, 0.05) is 16.6 Å². The van der Waals surface area contributed by atoms with Crippen molar-refractivity contribution in [1.82, 2.24) is 4.98 Å². The summed E-state index contributed by atoms with van der Waals surface area (Å²) < 4.78 is 0. The zero-order valence-corrected chi connectivity index (χ0v) is 9.18. The third-order valence-corrected chi connectivity index (χ3v) is 3.99. The molecule has 3 rings (SSSR count). The highest BCUT2D eigenvalue weighted by molar-refractivity contribution is 7.16. The maximum atomic E-state index is 6.06. The van der Waals surface area contributed by atoms with Gasteiger partial charge in [0.2, 0.25) is 0 Å². The van der Waals surface area contributed by atoms with Crippen molar-refractivity contribution in [2.75, 3.05) is 5.73 Å². The van der Waals surface area contributed by atoms with Gasteiger partial charge < -0.3 is 5.73 Å². The Morgan fingerprint density at radius 2 is 2.20 bits per heavy atom. The molecule has 0 radical (unpaired) electrons. The lowest BCUT2D eigenvalue weighted by atomic mass is 10.1. The molecule has 0 aliphatic heterocycles. The minimum atomic E-state index is 0.929. The molecule has 2 aromatic heterocycles. The first-order valence-corrected chi connectivity index (χ1v) is 5.99. The number of nitrogens with zero attached hydrogens (tertiary/aromatic N) is 1. The molecule has 2 nitrogen and oxygen atoms in total. The van der Waals surface area contributed by atoms with E-state index in [1.165, 1.54) is 28.8 Å². The molecule has 3 heteroatoms. The van der Waals surface area contributed by atoms with E-state index in [-0.39, 0.29) is 0 Å². The normalized spacial score (nSPS) is 14.1. The van der Waals surface area contributed by atoms with E-state index in [0.717, 1.165) is 17.1 Å². The summed E-state index contributed by atoms with van der Waals surface area (Å²) >= 11 is 1.74. The molecule has 0 bridgehead atoms. The predicted molar refractivity (Wildman–Crippen MR) is 64.0 cm³/mol. The molecule has 0 aromatic carbocycles. The zero-order valence-electron chi connectivity index (χ0n) is 8.36. The number of hydrogen-bond donors (Lipinski definition) is 1. The van der Waals surface area contributed by atoms with Gasteiger partial charge in [-0.2, -0.15) is 0 Å². The summed E-state index contributed by atoms with van der Waals surface area (Å²) in [5.74, 6) is 0. The van der Waals surface area contributed by atoms with Crippen molar-refractivity contribution >= 4 is 16.3 Å². The third-order valence-electron chi connectivity index (χ3n) is 2.87. The molecule has 15 heavy (non-hydrogen) atoms. The van der Waals surface area contributed by atoms with Gasteiger partial charge in [-0.3, -0.25) is 4.98 Å². The van der Waals surface area contributed by atoms with E-state index in [1.54, 1.807) is 11.3 Å². The maximum Gasteiger partial charge on any atom is 0.0957 e. The van der Waals surface area contributed by atoms with E-state index in [4.69, 9.17) is 5.73 Å². The van der Waals surface area contributed by atoms with Crippen LogP contribution in [0.3, 0.4) is 0 Å². The number of hydrogen-bond acceptors (Lipinski definition) is 3.